The predicted octanol–water partition coefficient (Wildman–Crippen LogP) is 1.82. The molecular weight excluding hydrogens is 292 g/mol. The lowest BCUT2D eigenvalue weighted by molar-refractivity contribution is -0.0266. The highest BCUT2D eigenvalue weighted by molar-refractivity contribution is 5.94. The van der Waals surface area contributed by atoms with E-state index < -0.39 is 0 Å². The topological polar surface area (TPSA) is 71.1 Å². The fourth-order valence-electron chi connectivity index (χ4n) is 3.38. The molecule has 0 spiro atoms. The van der Waals surface area contributed by atoms with E-state index in [1.54, 1.807) is 0 Å². The highest BCUT2D eigenvalue weighted by Gasteiger charge is 2.29. The molecule has 6 nitrogen and oxygen atoms in total. The van der Waals surface area contributed by atoms with Crippen molar-refractivity contribution in [3.8, 4) is 0 Å². The minimum atomic E-state index is -0.257. The van der Waals surface area contributed by atoms with Crippen molar-refractivity contribution in [3.63, 3.8) is 0 Å². The van der Waals surface area contributed by atoms with Gasteiger partial charge >= 0.3 is 0 Å². The first-order chi connectivity index (χ1) is 11.2. The zero-order valence-electron chi connectivity index (χ0n) is 13.2. The quantitative estimate of drug-likeness (QED) is 0.918. The van der Waals surface area contributed by atoms with Gasteiger partial charge in [0.1, 0.15) is 11.9 Å². The molecule has 23 heavy (non-hydrogen) atoms. The van der Waals surface area contributed by atoms with Gasteiger partial charge in [-0.25, -0.2) is 4.98 Å². The minimum Gasteiger partial charge on any atom is -0.366 e. The van der Waals surface area contributed by atoms with Crippen molar-refractivity contribution in [1.82, 2.24) is 20.1 Å². The molecule has 1 aromatic heterocycles. The lowest BCUT2D eigenvalue weighted by Gasteiger charge is -2.31. The van der Waals surface area contributed by atoms with Gasteiger partial charge in [-0.15, -0.1) is 0 Å². The van der Waals surface area contributed by atoms with Crippen LogP contribution >= 0.6 is 0 Å². The van der Waals surface area contributed by atoms with Gasteiger partial charge in [-0.3, -0.25) is 9.89 Å². The number of aryl methyl sites for hydroxylation is 3. The number of rotatable bonds is 2. The smallest absolute Gasteiger partial charge is 0.254 e. The minimum absolute atomic E-state index is 0.0697. The van der Waals surface area contributed by atoms with Gasteiger partial charge in [-0.1, -0.05) is 6.07 Å². The average molecular weight is 312 g/mol. The highest BCUT2D eigenvalue weighted by Crippen LogP contribution is 2.25. The number of benzene rings is 1. The summed E-state index contributed by atoms with van der Waals surface area (Å²) < 4.78 is 5.73. The summed E-state index contributed by atoms with van der Waals surface area (Å²) in [6.45, 7) is 3.46. The fourth-order valence-corrected chi connectivity index (χ4v) is 3.38. The van der Waals surface area contributed by atoms with E-state index in [2.05, 4.69) is 27.3 Å². The molecule has 2 aromatic rings. The van der Waals surface area contributed by atoms with E-state index in [0.29, 0.717) is 25.5 Å². The Hall–Kier alpha value is -2.21. The van der Waals surface area contributed by atoms with E-state index in [-0.39, 0.29) is 12.0 Å². The Bertz CT molecular complexity index is 740. The second-order valence-electron chi connectivity index (χ2n) is 6.23. The van der Waals surface area contributed by atoms with Crippen molar-refractivity contribution >= 4 is 5.91 Å². The molecule has 1 unspecified atom stereocenters. The highest BCUT2D eigenvalue weighted by atomic mass is 16.5. The van der Waals surface area contributed by atoms with Crippen LogP contribution in [0, 0.1) is 6.92 Å². The van der Waals surface area contributed by atoms with Crippen LogP contribution in [0.15, 0.2) is 18.2 Å². The first-order valence-corrected chi connectivity index (χ1v) is 8.12. The molecule has 1 amide bonds. The Balaban J connectivity index is 1.51. The number of nitrogens with one attached hydrogen (secondary N) is 1. The number of aromatic amines is 1. The van der Waals surface area contributed by atoms with Crippen LogP contribution in [0.4, 0.5) is 0 Å². The Labute approximate surface area is 134 Å². The molecule has 1 atom stereocenters. The van der Waals surface area contributed by atoms with Crippen molar-refractivity contribution in [2.45, 2.75) is 32.3 Å². The van der Waals surface area contributed by atoms with Crippen molar-refractivity contribution in [2.24, 2.45) is 0 Å². The van der Waals surface area contributed by atoms with Crippen molar-refractivity contribution in [3.05, 3.63) is 46.5 Å². The molecule has 0 bridgehead atoms. The van der Waals surface area contributed by atoms with Gasteiger partial charge in [0.05, 0.1) is 13.2 Å². The lowest BCUT2D eigenvalue weighted by Crippen LogP contribution is -2.42. The van der Waals surface area contributed by atoms with Crippen molar-refractivity contribution < 1.29 is 9.53 Å². The number of amides is 1. The van der Waals surface area contributed by atoms with E-state index in [0.717, 1.165) is 24.2 Å². The maximum Gasteiger partial charge on any atom is 0.254 e. The second-order valence-corrected chi connectivity index (χ2v) is 6.23. The first-order valence-electron chi connectivity index (χ1n) is 8.12. The van der Waals surface area contributed by atoms with Crippen LogP contribution in [0.25, 0.3) is 0 Å². The maximum absolute atomic E-state index is 12.8. The van der Waals surface area contributed by atoms with Gasteiger partial charge in [0.25, 0.3) is 5.91 Å². The summed E-state index contributed by atoms with van der Waals surface area (Å²) in [5.41, 5.74) is 3.49. The first kappa shape index (κ1) is 14.4. The van der Waals surface area contributed by atoms with Gasteiger partial charge < -0.3 is 9.64 Å². The van der Waals surface area contributed by atoms with Crippen LogP contribution in [0.5, 0.6) is 0 Å². The molecule has 120 valence electrons. The molecular formula is C17H20N4O2. The number of carbonyl (C=O) groups is 1. The predicted molar refractivity (Wildman–Crippen MR) is 84.2 cm³/mol. The number of ether oxygens (including phenoxy) is 1. The number of aromatic nitrogens is 3. The number of hydrogen-bond donors (Lipinski definition) is 1. The Kier molecular flexibility index (Phi) is 3.61. The third-order valence-electron chi connectivity index (χ3n) is 4.60. The summed E-state index contributed by atoms with van der Waals surface area (Å²) in [5.74, 6) is 1.44. The van der Waals surface area contributed by atoms with Crippen LogP contribution in [0.2, 0.25) is 0 Å². The summed E-state index contributed by atoms with van der Waals surface area (Å²) in [4.78, 5) is 19.0. The van der Waals surface area contributed by atoms with E-state index in [9.17, 15) is 4.79 Å². The molecule has 0 radical (unpaired) electrons. The van der Waals surface area contributed by atoms with Gasteiger partial charge in [0.15, 0.2) is 5.82 Å². The summed E-state index contributed by atoms with van der Waals surface area (Å²) in [6, 6.07) is 6.12. The molecule has 1 fully saturated rings. The molecule has 2 aliphatic rings. The van der Waals surface area contributed by atoms with E-state index in [4.69, 9.17) is 4.74 Å². The fraction of sp³-hybridized carbons (Fsp3) is 0.471. The molecule has 1 N–H and O–H groups in total. The number of H-pyrrole nitrogens is 1. The molecule has 1 aliphatic carbocycles. The summed E-state index contributed by atoms with van der Waals surface area (Å²) in [7, 11) is 0. The zero-order valence-corrected chi connectivity index (χ0v) is 13.2. The molecule has 6 heteroatoms. The number of morpholine rings is 1. The summed E-state index contributed by atoms with van der Waals surface area (Å²) in [5, 5.41) is 6.98. The molecule has 1 aromatic carbocycles. The largest absolute Gasteiger partial charge is 0.366 e. The van der Waals surface area contributed by atoms with E-state index in [1.165, 1.54) is 17.5 Å². The normalized spacial score (nSPS) is 20.6. The van der Waals surface area contributed by atoms with E-state index in [1.807, 2.05) is 17.9 Å². The molecule has 1 aliphatic heterocycles. The molecule has 4 rings (SSSR count). The number of carbonyl (C=O) groups excluding carboxylic acids is 1. The zero-order chi connectivity index (χ0) is 15.8. The Morgan fingerprint density at radius 2 is 2.22 bits per heavy atom. The Morgan fingerprint density at radius 1 is 1.35 bits per heavy atom. The monoisotopic (exact) mass is 312 g/mol. The number of fused-ring (bicyclic) bond motifs is 1. The van der Waals surface area contributed by atoms with Gasteiger partial charge in [-0.05, 0) is 49.4 Å². The number of nitrogens with zero attached hydrogens (tertiary/aromatic N) is 3. The standard InChI is InChI=1S/C17H20N4O2/c1-11-18-16(20-19-11)15-10-21(7-8-23-15)17(22)14-6-5-12-3-2-4-13(12)9-14/h5-6,9,15H,2-4,7-8,10H2,1H3,(H,18,19,20). The van der Waals surface area contributed by atoms with Crippen molar-refractivity contribution in [1.29, 1.82) is 0 Å². The molecule has 0 saturated carbocycles. The van der Waals surface area contributed by atoms with E-state index >= 15 is 0 Å². The summed E-state index contributed by atoms with van der Waals surface area (Å²) >= 11 is 0. The van der Waals surface area contributed by atoms with Crippen LogP contribution in [0.1, 0.15) is 45.7 Å². The molecule has 2 heterocycles. The lowest BCUT2D eigenvalue weighted by atomic mass is 10.1. The third-order valence-corrected chi connectivity index (χ3v) is 4.60. The third kappa shape index (κ3) is 2.74. The SMILES string of the molecule is Cc1nc(C2CN(C(=O)c3ccc4c(c3)CCC4)CCO2)n[nH]1. The van der Waals surface area contributed by atoms with Gasteiger partial charge in [0.2, 0.25) is 0 Å². The van der Waals surface area contributed by atoms with Crippen LogP contribution in [-0.2, 0) is 17.6 Å². The van der Waals surface area contributed by atoms with Gasteiger partial charge in [0, 0.05) is 12.1 Å². The number of hydrogen-bond acceptors (Lipinski definition) is 4. The molecule has 1 saturated heterocycles. The van der Waals surface area contributed by atoms with Gasteiger partial charge in [-0.2, -0.15) is 5.10 Å². The second kappa shape index (κ2) is 5.77. The average Bonchev–Trinajstić information content (AvgIpc) is 3.22. The maximum atomic E-state index is 12.8. The van der Waals surface area contributed by atoms with Crippen LogP contribution in [0.3, 0.4) is 0 Å². The summed E-state index contributed by atoms with van der Waals surface area (Å²) in [6.07, 6.45) is 3.15. The van der Waals surface area contributed by atoms with Crippen LogP contribution < -0.4 is 0 Å². The Morgan fingerprint density at radius 3 is 3.04 bits per heavy atom. The van der Waals surface area contributed by atoms with Crippen LogP contribution in [-0.4, -0.2) is 45.7 Å². The van der Waals surface area contributed by atoms with Crippen molar-refractivity contribution in [2.75, 3.05) is 19.7 Å².